The first-order valence-electron chi connectivity index (χ1n) is 5.55. The number of rotatable bonds is 4. The summed E-state index contributed by atoms with van der Waals surface area (Å²) in [4.78, 5) is 14.9. The summed E-state index contributed by atoms with van der Waals surface area (Å²) in [6, 6.07) is 9.65. The summed E-state index contributed by atoms with van der Waals surface area (Å²) in [6.45, 7) is 0.347. The predicted octanol–water partition coefficient (Wildman–Crippen LogP) is 2.05. The number of aryl methyl sites for hydroxylation is 1. The second-order valence-corrected chi connectivity index (χ2v) is 3.79. The fourth-order valence-corrected chi connectivity index (χ4v) is 1.72. The minimum absolute atomic E-state index is 0.130. The van der Waals surface area contributed by atoms with E-state index in [9.17, 15) is 9.18 Å². The van der Waals surface area contributed by atoms with Gasteiger partial charge in [0.15, 0.2) is 0 Å². The van der Waals surface area contributed by atoms with Crippen molar-refractivity contribution in [1.29, 1.82) is 0 Å². The zero-order valence-electron chi connectivity index (χ0n) is 9.97. The highest BCUT2D eigenvalue weighted by Gasteiger charge is 2.16. The highest BCUT2D eigenvalue weighted by Crippen LogP contribution is 2.09. The van der Waals surface area contributed by atoms with Crippen LogP contribution in [0.1, 0.15) is 16.1 Å². The van der Waals surface area contributed by atoms with Crippen molar-refractivity contribution in [3.8, 4) is 0 Å². The molecule has 1 aromatic heterocycles. The molecule has 0 fully saturated rings. The third kappa shape index (κ3) is 2.56. The van der Waals surface area contributed by atoms with Gasteiger partial charge in [0.25, 0.3) is 6.08 Å². The van der Waals surface area contributed by atoms with Gasteiger partial charge in [0.05, 0.1) is 13.3 Å². The second-order valence-electron chi connectivity index (χ2n) is 3.79. The molecular formula is C13H13FN2O2. The van der Waals surface area contributed by atoms with Crippen LogP contribution in [0.4, 0.5) is 4.39 Å². The minimum atomic E-state index is -0.675. The number of nitrogens with zero attached hydrogens (tertiary/aromatic N) is 2. The Morgan fingerprint density at radius 1 is 1.39 bits per heavy atom. The molecule has 0 saturated heterocycles. The Morgan fingerprint density at radius 3 is 2.78 bits per heavy atom. The number of carbonyl (C=O) groups excluding carboxylic acids is 1. The SMILES string of the molecule is COC(=O)c1cnc(F)n1CCc1ccccc1. The number of hydrogen-bond donors (Lipinski definition) is 0. The quantitative estimate of drug-likeness (QED) is 0.778. The largest absolute Gasteiger partial charge is 0.464 e. The van der Waals surface area contributed by atoms with Crippen molar-refractivity contribution in [2.24, 2.45) is 0 Å². The van der Waals surface area contributed by atoms with Gasteiger partial charge in [0, 0.05) is 6.54 Å². The molecule has 0 radical (unpaired) electrons. The van der Waals surface area contributed by atoms with E-state index in [1.54, 1.807) is 0 Å². The van der Waals surface area contributed by atoms with Crippen LogP contribution in [-0.4, -0.2) is 22.6 Å². The van der Waals surface area contributed by atoms with Crippen LogP contribution in [0, 0.1) is 6.08 Å². The molecule has 2 rings (SSSR count). The summed E-state index contributed by atoms with van der Waals surface area (Å²) in [7, 11) is 1.26. The van der Waals surface area contributed by atoms with Crippen molar-refractivity contribution in [1.82, 2.24) is 9.55 Å². The molecule has 18 heavy (non-hydrogen) atoms. The molecule has 0 aliphatic rings. The van der Waals surface area contributed by atoms with Crippen LogP contribution in [-0.2, 0) is 17.7 Å². The summed E-state index contributed by atoms with van der Waals surface area (Å²) in [5.74, 6) is -0.584. The molecule has 0 N–H and O–H groups in total. The normalized spacial score (nSPS) is 10.3. The van der Waals surface area contributed by atoms with Gasteiger partial charge in [-0.3, -0.25) is 4.57 Å². The lowest BCUT2D eigenvalue weighted by atomic mass is 10.1. The Balaban J connectivity index is 2.14. The molecule has 0 unspecified atom stereocenters. The van der Waals surface area contributed by atoms with E-state index in [1.807, 2.05) is 30.3 Å². The first kappa shape index (κ1) is 12.3. The molecule has 0 saturated carbocycles. The number of benzene rings is 1. The topological polar surface area (TPSA) is 44.1 Å². The van der Waals surface area contributed by atoms with Gasteiger partial charge >= 0.3 is 5.97 Å². The Kier molecular flexibility index (Phi) is 3.72. The Labute approximate surface area is 104 Å². The maximum Gasteiger partial charge on any atom is 0.356 e. The van der Waals surface area contributed by atoms with Crippen molar-refractivity contribution in [3.63, 3.8) is 0 Å². The fourth-order valence-electron chi connectivity index (χ4n) is 1.72. The van der Waals surface area contributed by atoms with Crippen molar-refractivity contribution in [2.75, 3.05) is 7.11 Å². The molecule has 0 spiro atoms. The van der Waals surface area contributed by atoms with Gasteiger partial charge < -0.3 is 4.74 Å². The Bertz CT molecular complexity index is 537. The maximum absolute atomic E-state index is 13.5. The molecule has 0 aliphatic heterocycles. The van der Waals surface area contributed by atoms with Crippen molar-refractivity contribution < 1.29 is 13.9 Å². The van der Waals surface area contributed by atoms with E-state index in [2.05, 4.69) is 9.72 Å². The number of imidazole rings is 1. The third-order valence-corrected chi connectivity index (χ3v) is 2.67. The monoisotopic (exact) mass is 248 g/mol. The molecule has 2 aromatic rings. The van der Waals surface area contributed by atoms with Gasteiger partial charge in [-0.15, -0.1) is 0 Å². The zero-order valence-corrected chi connectivity index (χ0v) is 9.97. The van der Waals surface area contributed by atoms with Gasteiger partial charge in [0.2, 0.25) is 0 Å². The lowest BCUT2D eigenvalue weighted by Crippen LogP contribution is -2.13. The standard InChI is InChI=1S/C13H13FN2O2/c1-18-12(17)11-9-15-13(14)16(11)8-7-10-5-3-2-4-6-10/h2-6,9H,7-8H2,1H3. The van der Waals surface area contributed by atoms with Gasteiger partial charge in [-0.05, 0) is 12.0 Å². The number of methoxy groups -OCH3 is 1. The van der Waals surface area contributed by atoms with E-state index in [0.29, 0.717) is 13.0 Å². The number of esters is 1. The summed E-state index contributed by atoms with van der Waals surface area (Å²) in [6.07, 6.45) is 1.14. The van der Waals surface area contributed by atoms with Crippen LogP contribution in [0.15, 0.2) is 36.5 Å². The lowest BCUT2D eigenvalue weighted by molar-refractivity contribution is 0.0586. The fraction of sp³-hybridized carbons (Fsp3) is 0.231. The van der Waals surface area contributed by atoms with E-state index in [4.69, 9.17) is 0 Å². The number of aromatic nitrogens is 2. The van der Waals surface area contributed by atoms with Crippen LogP contribution in [0.25, 0.3) is 0 Å². The average Bonchev–Trinajstić information content (AvgIpc) is 2.78. The minimum Gasteiger partial charge on any atom is -0.464 e. The summed E-state index contributed by atoms with van der Waals surface area (Å²) >= 11 is 0. The molecular weight excluding hydrogens is 235 g/mol. The zero-order chi connectivity index (χ0) is 13.0. The predicted molar refractivity (Wildman–Crippen MR) is 63.7 cm³/mol. The van der Waals surface area contributed by atoms with Gasteiger partial charge in [-0.1, -0.05) is 30.3 Å². The molecule has 0 amide bonds. The summed E-state index contributed by atoms with van der Waals surface area (Å²) in [5, 5.41) is 0. The van der Waals surface area contributed by atoms with Gasteiger partial charge in [-0.2, -0.15) is 4.39 Å². The molecule has 1 aromatic carbocycles. The Morgan fingerprint density at radius 2 is 2.11 bits per heavy atom. The van der Waals surface area contributed by atoms with E-state index >= 15 is 0 Å². The highest BCUT2D eigenvalue weighted by atomic mass is 19.1. The van der Waals surface area contributed by atoms with Crippen molar-refractivity contribution in [2.45, 2.75) is 13.0 Å². The number of carbonyl (C=O) groups is 1. The number of halogens is 1. The molecule has 0 bridgehead atoms. The molecule has 5 heteroatoms. The maximum atomic E-state index is 13.5. The molecule has 1 heterocycles. The van der Waals surface area contributed by atoms with Crippen LogP contribution >= 0.6 is 0 Å². The third-order valence-electron chi connectivity index (χ3n) is 2.67. The van der Waals surface area contributed by atoms with Crippen molar-refractivity contribution >= 4 is 5.97 Å². The highest BCUT2D eigenvalue weighted by molar-refractivity contribution is 5.87. The van der Waals surface area contributed by atoms with E-state index in [1.165, 1.54) is 17.9 Å². The molecule has 0 atom stereocenters. The van der Waals surface area contributed by atoms with Crippen LogP contribution < -0.4 is 0 Å². The smallest absolute Gasteiger partial charge is 0.356 e. The van der Waals surface area contributed by atoms with E-state index in [-0.39, 0.29) is 5.69 Å². The first-order chi connectivity index (χ1) is 8.72. The van der Waals surface area contributed by atoms with Gasteiger partial charge in [0.1, 0.15) is 5.69 Å². The average molecular weight is 248 g/mol. The van der Waals surface area contributed by atoms with E-state index < -0.39 is 12.0 Å². The van der Waals surface area contributed by atoms with Crippen LogP contribution in [0.5, 0.6) is 0 Å². The first-order valence-corrected chi connectivity index (χ1v) is 5.55. The van der Waals surface area contributed by atoms with Gasteiger partial charge in [-0.25, -0.2) is 9.78 Å². The number of ether oxygens (including phenoxy) is 1. The lowest BCUT2D eigenvalue weighted by Gasteiger charge is -2.07. The van der Waals surface area contributed by atoms with Crippen LogP contribution in [0.3, 0.4) is 0 Å². The summed E-state index contributed by atoms with van der Waals surface area (Å²) in [5.41, 5.74) is 1.20. The molecule has 4 nitrogen and oxygen atoms in total. The number of hydrogen-bond acceptors (Lipinski definition) is 3. The summed E-state index contributed by atoms with van der Waals surface area (Å²) < 4.78 is 19.3. The molecule has 94 valence electrons. The molecule has 0 aliphatic carbocycles. The Hall–Kier alpha value is -2.17. The van der Waals surface area contributed by atoms with Crippen LogP contribution in [0.2, 0.25) is 0 Å². The van der Waals surface area contributed by atoms with E-state index in [0.717, 1.165) is 5.56 Å². The van der Waals surface area contributed by atoms with Crippen molar-refractivity contribution in [3.05, 3.63) is 53.9 Å². The second kappa shape index (κ2) is 5.44.